The quantitative estimate of drug-likeness (QED) is 0.148. The molecule has 3 aromatic carbocycles. The van der Waals surface area contributed by atoms with Crippen LogP contribution in [0.1, 0.15) is 22.3 Å². The standard InChI is InChI=1S/C27H28N4O5S2/c1-4-20-10-12-21(13-11-20)27(32)29-38(35,36)24-14-15-25(26(18-24)31(33)34)28-22(16-17-30(2)3)19-37-23-8-6-5-7-9-23/h1,5-15,18,22,28H,16-17,19H2,2-3H3,(H,29,32)/t22-/m1/s1. The van der Waals surface area contributed by atoms with Gasteiger partial charge < -0.3 is 10.2 Å². The molecule has 1 atom stereocenters. The third kappa shape index (κ3) is 8.08. The smallest absolute Gasteiger partial charge is 0.293 e. The normalized spacial score (nSPS) is 11.9. The molecule has 0 heterocycles. The van der Waals surface area contributed by atoms with Crippen molar-refractivity contribution in [1.82, 2.24) is 9.62 Å². The van der Waals surface area contributed by atoms with Gasteiger partial charge in [-0.3, -0.25) is 14.9 Å². The fourth-order valence-electron chi connectivity index (χ4n) is 3.45. The van der Waals surface area contributed by atoms with Gasteiger partial charge in [0.1, 0.15) is 5.69 Å². The third-order valence-electron chi connectivity index (χ3n) is 5.50. The highest BCUT2D eigenvalue weighted by Gasteiger charge is 2.25. The number of anilines is 1. The maximum atomic E-state index is 12.9. The summed E-state index contributed by atoms with van der Waals surface area (Å²) in [6, 6.07) is 19.0. The summed E-state index contributed by atoms with van der Waals surface area (Å²) >= 11 is 1.62. The Morgan fingerprint density at radius 2 is 1.79 bits per heavy atom. The van der Waals surface area contributed by atoms with Crippen LogP contribution in [0.15, 0.2) is 82.6 Å². The minimum absolute atomic E-state index is 0.0833. The molecule has 38 heavy (non-hydrogen) atoms. The van der Waals surface area contributed by atoms with Crippen molar-refractivity contribution >= 4 is 39.1 Å². The number of rotatable bonds is 12. The first-order chi connectivity index (χ1) is 18.1. The van der Waals surface area contributed by atoms with Gasteiger partial charge in [-0.25, -0.2) is 13.1 Å². The largest absolute Gasteiger partial charge is 0.376 e. The second-order valence-electron chi connectivity index (χ2n) is 8.65. The van der Waals surface area contributed by atoms with E-state index in [9.17, 15) is 23.3 Å². The van der Waals surface area contributed by atoms with Gasteiger partial charge in [0.25, 0.3) is 21.6 Å². The number of hydrogen-bond acceptors (Lipinski definition) is 8. The molecule has 0 aliphatic rings. The average Bonchev–Trinajstić information content (AvgIpc) is 2.90. The van der Waals surface area contributed by atoms with Gasteiger partial charge in [0.2, 0.25) is 0 Å². The zero-order valence-electron chi connectivity index (χ0n) is 21.0. The minimum atomic E-state index is -4.38. The van der Waals surface area contributed by atoms with Gasteiger partial charge in [0.15, 0.2) is 0 Å². The molecule has 0 unspecified atom stereocenters. The number of nitro benzene ring substituents is 1. The summed E-state index contributed by atoms with van der Waals surface area (Å²) in [7, 11) is -0.484. The van der Waals surface area contributed by atoms with Crippen molar-refractivity contribution in [3.8, 4) is 12.3 Å². The predicted octanol–water partition coefficient (Wildman–Crippen LogP) is 4.22. The number of carbonyl (C=O) groups is 1. The summed E-state index contributed by atoms with van der Waals surface area (Å²) in [6.07, 6.45) is 6.00. The summed E-state index contributed by atoms with van der Waals surface area (Å²) in [5, 5.41) is 15.1. The first-order valence-corrected chi connectivity index (χ1v) is 14.1. The predicted molar refractivity (Wildman–Crippen MR) is 150 cm³/mol. The number of sulfonamides is 1. The molecule has 0 spiro atoms. The van der Waals surface area contributed by atoms with Gasteiger partial charge in [-0.15, -0.1) is 18.2 Å². The van der Waals surface area contributed by atoms with Crippen LogP contribution in [0, 0.1) is 22.5 Å². The van der Waals surface area contributed by atoms with Gasteiger partial charge >= 0.3 is 0 Å². The molecule has 0 aliphatic heterocycles. The summed E-state index contributed by atoms with van der Waals surface area (Å²) in [5.41, 5.74) is 0.412. The Balaban J connectivity index is 1.81. The second kappa shape index (κ2) is 13.1. The molecule has 0 saturated heterocycles. The summed E-state index contributed by atoms with van der Waals surface area (Å²) in [5.74, 6) is 2.18. The maximum absolute atomic E-state index is 12.9. The van der Waals surface area contributed by atoms with E-state index in [0.29, 0.717) is 17.7 Å². The van der Waals surface area contributed by atoms with Gasteiger partial charge in [-0.05, 0) is 75.6 Å². The SMILES string of the molecule is C#Cc1ccc(C(=O)NS(=O)(=O)c2ccc(N[C@H](CCN(C)C)CSc3ccccc3)c([N+](=O)[O-])c2)cc1. The van der Waals surface area contributed by atoms with Gasteiger partial charge in [0, 0.05) is 33.9 Å². The molecule has 2 N–H and O–H groups in total. The molecule has 198 valence electrons. The van der Waals surface area contributed by atoms with Crippen molar-refractivity contribution in [1.29, 1.82) is 0 Å². The lowest BCUT2D eigenvalue weighted by atomic mass is 10.1. The molecular formula is C27H28N4O5S2. The Labute approximate surface area is 226 Å². The van der Waals surface area contributed by atoms with Crippen LogP contribution in [0.5, 0.6) is 0 Å². The monoisotopic (exact) mass is 552 g/mol. The van der Waals surface area contributed by atoms with Crippen LogP contribution in [-0.4, -0.2) is 56.6 Å². The van der Waals surface area contributed by atoms with E-state index in [2.05, 4.69) is 11.2 Å². The van der Waals surface area contributed by atoms with Crippen LogP contribution < -0.4 is 10.0 Å². The zero-order chi connectivity index (χ0) is 27.7. The number of amides is 1. The van der Waals surface area contributed by atoms with Gasteiger partial charge in [-0.2, -0.15) is 0 Å². The summed E-state index contributed by atoms with van der Waals surface area (Å²) in [6.45, 7) is 0.752. The first kappa shape index (κ1) is 28.7. The van der Waals surface area contributed by atoms with Crippen molar-refractivity contribution in [3.05, 3.63) is 94.0 Å². The fourth-order valence-corrected chi connectivity index (χ4v) is 5.44. The highest BCUT2D eigenvalue weighted by Crippen LogP contribution is 2.30. The van der Waals surface area contributed by atoms with Crippen molar-refractivity contribution in [2.45, 2.75) is 22.3 Å². The highest BCUT2D eigenvalue weighted by molar-refractivity contribution is 7.99. The van der Waals surface area contributed by atoms with E-state index in [1.54, 1.807) is 11.8 Å². The second-order valence-corrected chi connectivity index (χ2v) is 11.4. The summed E-state index contributed by atoms with van der Waals surface area (Å²) < 4.78 is 27.7. The molecule has 3 aromatic rings. The van der Waals surface area contributed by atoms with Crippen LogP contribution in [0.2, 0.25) is 0 Å². The molecule has 1 amide bonds. The topological polar surface area (TPSA) is 122 Å². The molecule has 0 aliphatic carbocycles. The lowest BCUT2D eigenvalue weighted by molar-refractivity contribution is -0.384. The molecule has 0 radical (unpaired) electrons. The minimum Gasteiger partial charge on any atom is -0.376 e. The van der Waals surface area contributed by atoms with E-state index in [0.717, 1.165) is 17.5 Å². The summed E-state index contributed by atoms with van der Waals surface area (Å²) in [4.78, 5) is 26.4. The Morgan fingerprint density at radius 3 is 2.39 bits per heavy atom. The van der Waals surface area contributed by atoms with Crippen LogP contribution in [0.4, 0.5) is 11.4 Å². The lowest BCUT2D eigenvalue weighted by Crippen LogP contribution is -2.31. The number of hydrogen-bond donors (Lipinski definition) is 2. The van der Waals surface area contributed by atoms with Crippen LogP contribution in [-0.2, 0) is 10.0 Å². The van der Waals surface area contributed by atoms with Crippen LogP contribution in [0.25, 0.3) is 0 Å². The van der Waals surface area contributed by atoms with Crippen LogP contribution in [0.3, 0.4) is 0 Å². The van der Waals surface area contributed by atoms with Gasteiger partial charge in [-0.1, -0.05) is 24.1 Å². The van der Waals surface area contributed by atoms with E-state index in [4.69, 9.17) is 6.42 Å². The fraction of sp³-hybridized carbons (Fsp3) is 0.222. The molecular weight excluding hydrogens is 524 g/mol. The molecule has 0 aromatic heterocycles. The first-order valence-electron chi connectivity index (χ1n) is 11.6. The van der Waals surface area contributed by atoms with Crippen molar-refractivity contribution in [2.24, 2.45) is 0 Å². The number of nitro groups is 1. The lowest BCUT2D eigenvalue weighted by Gasteiger charge is -2.22. The van der Waals surface area contributed by atoms with E-state index in [-0.39, 0.29) is 17.3 Å². The molecule has 0 fully saturated rings. The zero-order valence-corrected chi connectivity index (χ0v) is 22.6. The Morgan fingerprint density at radius 1 is 1.11 bits per heavy atom. The molecule has 3 rings (SSSR count). The molecule has 0 saturated carbocycles. The van der Waals surface area contributed by atoms with Crippen molar-refractivity contribution in [3.63, 3.8) is 0 Å². The number of thioether (sulfide) groups is 1. The maximum Gasteiger partial charge on any atom is 0.293 e. The Kier molecular flexibility index (Phi) is 9.90. The third-order valence-corrected chi connectivity index (χ3v) is 8.00. The van der Waals surface area contributed by atoms with Gasteiger partial charge in [0.05, 0.1) is 9.82 Å². The number of benzene rings is 3. The van der Waals surface area contributed by atoms with Crippen molar-refractivity contribution < 1.29 is 18.1 Å². The van der Waals surface area contributed by atoms with Crippen LogP contribution >= 0.6 is 11.8 Å². The van der Waals surface area contributed by atoms with E-state index >= 15 is 0 Å². The number of carbonyl (C=O) groups excluding carboxylic acids is 1. The molecule has 9 nitrogen and oxygen atoms in total. The van der Waals surface area contributed by atoms with Crippen molar-refractivity contribution in [2.75, 3.05) is 31.7 Å². The van der Waals surface area contributed by atoms with E-state index in [1.165, 1.54) is 36.4 Å². The Hall–Kier alpha value is -3.85. The molecule has 11 heteroatoms. The van der Waals surface area contributed by atoms with E-state index < -0.39 is 31.4 Å². The number of nitrogens with one attached hydrogen (secondary N) is 2. The molecule has 0 bridgehead atoms. The number of terminal acetylenes is 1. The average molecular weight is 553 g/mol. The number of nitrogens with zero attached hydrogens (tertiary/aromatic N) is 2. The highest BCUT2D eigenvalue weighted by atomic mass is 32.2. The Bertz CT molecular complexity index is 1420. The van der Waals surface area contributed by atoms with E-state index in [1.807, 2.05) is 54.0 Å².